The van der Waals surface area contributed by atoms with Gasteiger partial charge in [-0.1, -0.05) is 6.07 Å². The largest absolute Gasteiger partial charge is 0.492 e. The molecule has 1 aromatic rings. The standard InChI is InChI=1S/C19H27F3N4O3.HI/c1-3-28-18(27)26-10-7-15(8-11-26)25-17(23-2)24-9-12-29-16-6-4-5-14(13-16)19(20,21)22;/h4-6,13,15H,3,7-12H2,1-2H3,(H2,23,24,25);1H. The molecular weight excluding hydrogens is 516 g/mol. The minimum Gasteiger partial charge on any atom is -0.492 e. The van der Waals surface area contributed by atoms with Crippen molar-refractivity contribution in [2.24, 2.45) is 4.99 Å². The summed E-state index contributed by atoms with van der Waals surface area (Å²) in [7, 11) is 1.64. The van der Waals surface area contributed by atoms with E-state index in [2.05, 4.69) is 15.6 Å². The number of aliphatic imine (C=N–C) groups is 1. The third kappa shape index (κ3) is 8.44. The van der Waals surface area contributed by atoms with Gasteiger partial charge in [-0.05, 0) is 38.0 Å². The van der Waals surface area contributed by atoms with E-state index >= 15 is 0 Å². The number of hydrogen-bond donors (Lipinski definition) is 2. The van der Waals surface area contributed by atoms with Gasteiger partial charge in [0.2, 0.25) is 0 Å². The van der Waals surface area contributed by atoms with Gasteiger partial charge < -0.3 is 25.0 Å². The molecule has 1 heterocycles. The molecule has 1 amide bonds. The maximum absolute atomic E-state index is 12.7. The molecule has 1 fully saturated rings. The monoisotopic (exact) mass is 544 g/mol. The zero-order chi connectivity index (χ0) is 21.3. The number of hydrogen-bond acceptors (Lipinski definition) is 4. The van der Waals surface area contributed by atoms with Gasteiger partial charge in [0.15, 0.2) is 5.96 Å². The minimum atomic E-state index is -4.40. The van der Waals surface area contributed by atoms with Crippen molar-refractivity contribution < 1.29 is 27.4 Å². The predicted octanol–water partition coefficient (Wildman–Crippen LogP) is 3.49. The maximum atomic E-state index is 12.7. The van der Waals surface area contributed by atoms with Crippen molar-refractivity contribution in [3.8, 4) is 5.75 Å². The molecule has 0 atom stereocenters. The summed E-state index contributed by atoms with van der Waals surface area (Å²) in [6, 6.07) is 4.94. The van der Waals surface area contributed by atoms with Gasteiger partial charge >= 0.3 is 12.3 Å². The molecule has 2 rings (SSSR count). The van der Waals surface area contributed by atoms with Gasteiger partial charge in [0.05, 0.1) is 18.7 Å². The number of benzene rings is 1. The number of piperidine rings is 1. The number of amides is 1. The number of halogens is 4. The first-order chi connectivity index (χ1) is 13.8. The van der Waals surface area contributed by atoms with Crippen LogP contribution in [0.3, 0.4) is 0 Å². The summed E-state index contributed by atoms with van der Waals surface area (Å²) in [5, 5.41) is 6.35. The van der Waals surface area contributed by atoms with Crippen LogP contribution in [0.5, 0.6) is 5.75 Å². The molecule has 0 aromatic heterocycles. The van der Waals surface area contributed by atoms with Crippen molar-refractivity contribution in [3.05, 3.63) is 29.8 Å². The Kier molecular flexibility index (Phi) is 11.1. The van der Waals surface area contributed by atoms with Crippen molar-refractivity contribution in [1.29, 1.82) is 0 Å². The highest BCUT2D eigenvalue weighted by Gasteiger charge is 2.30. The number of nitrogens with one attached hydrogen (secondary N) is 2. The van der Waals surface area contributed by atoms with Crippen LogP contribution in [0.1, 0.15) is 25.3 Å². The summed E-state index contributed by atoms with van der Waals surface area (Å²) in [6.07, 6.45) is -3.16. The molecule has 0 unspecified atom stereocenters. The summed E-state index contributed by atoms with van der Waals surface area (Å²) in [6.45, 7) is 3.90. The molecule has 1 aliphatic heterocycles. The Morgan fingerprint density at radius 2 is 2.00 bits per heavy atom. The molecule has 1 aromatic carbocycles. The van der Waals surface area contributed by atoms with Crippen LogP contribution in [0.15, 0.2) is 29.3 Å². The molecule has 11 heteroatoms. The van der Waals surface area contributed by atoms with Gasteiger partial charge in [-0.3, -0.25) is 4.99 Å². The van der Waals surface area contributed by atoms with E-state index in [4.69, 9.17) is 9.47 Å². The van der Waals surface area contributed by atoms with Crippen LogP contribution in [0.25, 0.3) is 0 Å². The highest BCUT2D eigenvalue weighted by molar-refractivity contribution is 14.0. The van der Waals surface area contributed by atoms with Gasteiger partial charge in [0.1, 0.15) is 12.4 Å². The van der Waals surface area contributed by atoms with Gasteiger partial charge in [-0.25, -0.2) is 4.79 Å². The zero-order valence-electron chi connectivity index (χ0n) is 17.0. The van der Waals surface area contributed by atoms with Crippen LogP contribution >= 0.6 is 24.0 Å². The number of likely N-dealkylation sites (tertiary alicyclic amines) is 1. The van der Waals surface area contributed by atoms with Gasteiger partial charge in [-0.2, -0.15) is 13.2 Å². The Morgan fingerprint density at radius 1 is 1.30 bits per heavy atom. The number of carbonyl (C=O) groups excluding carboxylic acids is 1. The highest BCUT2D eigenvalue weighted by Crippen LogP contribution is 2.31. The fraction of sp³-hybridized carbons (Fsp3) is 0.579. The Morgan fingerprint density at radius 3 is 2.60 bits per heavy atom. The van der Waals surface area contributed by atoms with Crippen LogP contribution in [0.2, 0.25) is 0 Å². The number of nitrogens with zero attached hydrogens (tertiary/aromatic N) is 2. The first kappa shape index (κ1) is 26.1. The third-order valence-electron chi connectivity index (χ3n) is 4.41. The van der Waals surface area contributed by atoms with Gasteiger partial charge in [-0.15, -0.1) is 24.0 Å². The van der Waals surface area contributed by atoms with E-state index in [1.807, 2.05) is 0 Å². The smallest absolute Gasteiger partial charge is 0.416 e. The van der Waals surface area contributed by atoms with Crippen molar-refractivity contribution in [3.63, 3.8) is 0 Å². The number of guanidine groups is 1. The summed E-state index contributed by atoms with van der Waals surface area (Å²) in [5.74, 6) is 0.739. The Balaban J connectivity index is 0.00000450. The first-order valence-corrected chi connectivity index (χ1v) is 9.52. The van der Waals surface area contributed by atoms with Crippen LogP contribution in [0, 0.1) is 0 Å². The molecular formula is C19H28F3IN4O3. The maximum Gasteiger partial charge on any atom is 0.416 e. The molecule has 0 saturated carbocycles. The Bertz CT molecular complexity index is 696. The molecule has 0 radical (unpaired) electrons. The van der Waals surface area contributed by atoms with Crippen molar-refractivity contribution in [2.45, 2.75) is 32.0 Å². The topological polar surface area (TPSA) is 75.2 Å². The van der Waals surface area contributed by atoms with Crippen molar-refractivity contribution in [1.82, 2.24) is 15.5 Å². The van der Waals surface area contributed by atoms with Crippen LogP contribution in [-0.4, -0.2) is 62.9 Å². The molecule has 30 heavy (non-hydrogen) atoms. The van der Waals surface area contributed by atoms with E-state index in [0.29, 0.717) is 32.2 Å². The summed E-state index contributed by atoms with van der Waals surface area (Å²) in [5.41, 5.74) is -0.741. The summed E-state index contributed by atoms with van der Waals surface area (Å²) < 4.78 is 48.5. The summed E-state index contributed by atoms with van der Waals surface area (Å²) >= 11 is 0. The van der Waals surface area contributed by atoms with Crippen LogP contribution in [-0.2, 0) is 10.9 Å². The average Bonchev–Trinajstić information content (AvgIpc) is 2.70. The van der Waals surface area contributed by atoms with E-state index in [1.165, 1.54) is 12.1 Å². The van der Waals surface area contributed by atoms with Gasteiger partial charge in [0, 0.05) is 26.2 Å². The van der Waals surface area contributed by atoms with E-state index < -0.39 is 11.7 Å². The SMILES string of the molecule is CCOC(=O)N1CCC(NC(=NC)NCCOc2cccc(C(F)(F)F)c2)CC1.I. The number of ether oxygens (including phenoxy) is 2. The van der Waals surface area contributed by atoms with Crippen LogP contribution < -0.4 is 15.4 Å². The molecule has 170 valence electrons. The van der Waals surface area contributed by atoms with E-state index in [9.17, 15) is 18.0 Å². The second kappa shape index (κ2) is 12.7. The fourth-order valence-corrected chi connectivity index (χ4v) is 2.91. The molecule has 1 aliphatic rings. The second-order valence-electron chi connectivity index (χ2n) is 6.48. The van der Waals surface area contributed by atoms with Crippen molar-refractivity contribution in [2.75, 3.05) is 39.9 Å². The third-order valence-corrected chi connectivity index (χ3v) is 4.41. The van der Waals surface area contributed by atoms with E-state index in [1.54, 1.807) is 18.9 Å². The lowest BCUT2D eigenvalue weighted by Crippen LogP contribution is -2.50. The molecule has 0 spiro atoms. The molecule has 7 nitrogen and oxygen atoms in total. The summed E-state index contributed by atoms with van der Waals surface area (Å²) in [4.78, 5) is 17.5. The van der Waals surface area contributed by atoms with E-state index in [-0.39, 0.29) is 48.5 Å². The Labute approximate surface area is 191 Å². The second-order valence-corrected chi connectivity index (χ2v) is 6.48. The number of rotatable bonds is 6. The number of alkyl halides is 3. The van der Waals surface area contributed by atoms with E-state index in [0.717, 1.165) is 25.0 Å². The normalized spacial score (nSPS) is 15.2. The predicted molar refractivity (Wildman–Crippen MR) is 118 cm³/mol. The lowest BCUT2D eigenvalue weighted by atomic mass is 10.1. The molecule has 2 N–H and O–H groups in total. The lowest BCUT2D eigenvalue weighted by Gasteiger charge is -2.32. The average molecular weight is 544 g/mol. The zero-order valence-corrected chi connectivity index (χ0v) is 19.3. The van der Waals surface area contributed by atoms with Crippen molar-refractivity contribution >= 4 is 36.0 Å². The first-order valence-electron chi connectivity index (χ1n) is 9.52. The fourth-order valence-electron chi connectivity index (χ4n) is 2.91. The molecule has 0 bridgehead atoms. The molecule has 1 saturated heterocycles. The number of carbonyl (C=O) groups is 1. The van der Waals surface area contributed by atoms with Crippen LogP contribution in [0.4, 0.5) is 18.0 Å². The van der Waals surface area contributed by atoms with Gasteiger partial charge in [0.25, 0.3) is 0 Å². The Hall–Kier alpha value is -1.92. The quantitative estimate of drug-likeness (QED) is 0.248. The molecule has 0 aliphatic carbocycles. The highest BCUT2D eigenvalue weighted by atomic mass is 127. The lowest BCUT2D eigenvalue weighted by molar-refractivity contribution is -0.137. The minimum absolute atomic E-state index is 0.